The molecule has 1 aromatic heterocycles. The van der Waals surface area contributed by atoms with Gasteiger partial charge in [-0.1, -0.05) is 18.2 Å². The van der Waals surface area contributed by atoms with Crippen LogP contribution in [0.2, 0.25) is 0 Å². The summed E-state index contributed by atoms with van der Waals surface area (Å²) in [5.74, 6) is 3.28. The molecule has 0 saturated carbocycles. The van der Waals surface area contributed by atoms with Gasteiger partial charge in [-0.15, -0.1) is 0 Å². The van der Waals surface area contributed by atoms with Gasteiger partial charge in [-0.25, -0.2) is 0 Å². The molecule has 0 aliphatic heterocycles. The van der Waals surface area contributed by atoms with Crippen LogP contribution in [0.25, 0.3) is 0 Å². The van der Waals surface area contributed by atoms with Crippen LogP contribution >= 0.6 is 0 Å². The summed E-state index contributed by atoms with van der Waals surface area (Å²) in [6.45, 7) is 0.468. The van der Waals surface area contributed by atoms with Crippen molar-refractivity contribution in [3.8, 4) is 23.0 Å². The fraction of sp³-hybridized carbons (Fsp3) is 0.292. The van der Waals surface area contributed by atoms with Crippen LogP contribution in [0.4, 0.5) is 0 Å². The van der Waals surface area contributed by atoms with Gasteiger partial charge in [0.1, 0.15) is 28.8 Å². The van der Waals surface area contributed by atoms with Crippen molar-refractivity contribution < 1.29 is 28.2 Å². The third-order valence-electron chi connectivity index (χ3n) is 4.93. The predicted molar refractivity (Wildman–Crippen MR) is 117 cm³/mol. The molecule has 164 valence electrons. The van der Waals surface area contributed by atoms with Crippen molar-refractivity contribution in [1.29, 1.82) is 0 Å². The van der Waals surface area contributed by atoms with Crippen LogP contribution in [0.5, 0.6) is 23.0 Å². The molecule has 7 nitrogen and oxygen atoms in total. The summed E-state index contributed by atoms with van der Waals surface area (Å²) in [4.78, 5) is 12.5. The number of rotatable bonds is 10. The highest BCUT2D eigenvalue weighted by atomic mass is 16.5. The lowest BCUT2D eigenvalue weighted by Crippen LogP contribution is -2.25. The zero-order valence-corrected chi connectivity index (χ0v) is 18.2. The molecule has 0 atom stereocenters. The Morgan fingerprint density at radius 3 is 2.19 bits per heavy atom. The summed E-state index contributed by atoms with van der Waals surface area (Å²) in [5, 5.41) is 2.88. The summed E-state index contributed by atoms with van der Waals surface area (Å²) >= 11 is 0. The number of carbonyl (C=O) groups excluding carboxylic acids is 1. The molecule has 0 saturated heterocycles. The van der Waals surface area contributed by atoms with Gasteiger partial charge in [0.25, 0.3) is 5.91 Å². The van der Waals surface area contributed by atoms with Crippen molar-refractivity contribution in [2.45, 2.75) is 12.8 Å². The van der Waals surface area contributed by atoms with Gasteiger partial charge in [0.15, 0.2) is 5.76 Å². The maximum Gasteiger partial charge on any atom is 0.287 e. The van der Waals surface area contributed by atoms with E-state index in [1.807, 2.05) is 24.3 Å². The molecule has 7 heteroatoms. The van der Waals surface area contributed by atoms with E-state index in [-0.39, 0.29) is 11.7 Å². The minimum absolute atomic E-state index is 0.251. The van der Waals surface area contributed by atoms with E-state index in [2.05, 4.69) is 5.32 Å². The summed E-state index contributed by atoms with van der Waals surface area (Å²) in [6, 6.07) is 14.7. The summed E-state index contributed by atoms with van der Waals surface area (Å²) in [5.41, 5.74) is 1.84. The fourth-order valence-corrected chi connectivity index (χ4v) is 3.33. The largest absolute Gasteiger partial charge is 0.496 e. The number of carbonyl (C=O) groups is 1. The number of hydrogen-bond donors (Lipinski definition) is 1. The van der Waals surface area contributed by atoms with Crippen molar-refractivity contribution in [2.75, 3.05) is 35.0 Å². The maximum absolute atomic E-state index is 12.5. The monoisotopic (exact) mass is 425 g/mol. The number of furan rings is 1. The van der Waals surface area contributed by atoms with Crippen molar-refractivity contribution in [2.24, 2.45) is 0 Å². The molecule has 1 N–H and O–H groups in total. The van der Waals surface area contributed by atoms with Crippen molar-refractivity contribution in [3.63, 3.8) is 0 Å². The molecule has 0 aliphatic carbocycles. The Bertz CT molecular complexity index is 1000. The molecule has 1 heterocycles. The lowest BCUT2D eigenvalue weighted by atomic mass is 10.1. The summed E-state index contributed by atoms with van der Waals surface area (Å²) in [7, 11) is 6.38. The number of para-hydroxylation sites is 1. The molecule has 0 unspecified atom stereocenters. The molecule has 1 amide bonds. The van der Waals surface area contributed by atoms with Crippen molar-refractivity contribution >= 4 is 5.91 Å². The quantitative estimate of drug-likeness (QED) is 0.531. The van der Waals surface area contributed by atoms with E-state index in [1.165, 1.54) is 0 Å². The predicted octanol–water partition coefficient (Wildman–Crippen LogP) is 3.88. The molecular weight excluding hydrogens is 398 g/mol. The van der Waals surface area contributed by atoms with E-state index in [0.717, 1.165) is 16.9 Å². The fourth-order valence-electron chi connectivity index (χ4n) is 3.33. The molecule has 0 aliphatic rings. The third-order valence-corrected chi connectivity index (χ3v) is 4.93. The Morgan fingerprint density at radius 2 is 1.55 bits per heavy atom. The van der Waals surface area contributed by atoms with Crippen molar-refractivity contribution in [3.05, 3.63) is 71.2 Å². The number of ether oxygens (including phenoxy) is 4. The first kappa shape index (κ1) is 22.1. The first-order chi connectivity index (χ1) is 15.1. The second kappa shape index (κ2) is 10.4. The highest BCUT2D eigenvalue weighted by molar-refractivity contribution is 5.91. The number of hydrogen-bond acceptors (Lipinski definition) is 6. The number of amides is 1. The van der Waals surface area contributed by atoms with Gasteiger partial charge in [-0.3, -0.25) is 4.79 Å². The lowest BCUT2D eigenvalue weighted by molar-refractivity contribution is 0.0924. The molecule has 0 spiro atoms. The van der Waals surface area contributed by atoms with Crippen LogP contribution in [-0.2, 0) is 12.8 Å². The molecule has 2 aromatic carbocycles. The molecule has 3 rings (SSSR count). The molecular formula is C24H27NO6. The highest BCUT2D eigenvalue weighted by Gasteiger charge is 2.17. The van der Waals surface area contributed by atoms with Crippen LogP contribution in [-0.4, -0.2) is 40.9 Å². The molecule has 0 radical (unpaired) electrons. The Hall–Kier alpha value is -3.61. The van der Waals surface area contributed by atoms with Crippen LogP contribution in [0.15, 0.2) is 52.9 Å². The van der Waals surface area contributed by atoms with Crippen LogP contribution in [0, 0.1) is 0 Å². The van der Waals surface area contributed by atoms with E-state index >= 15 is 0 Å². The first-order valence-corrected chi connectivity index (χ1v) is 9.87. The number of benzene rings is 2. The normalized spacial score (nSPS) is 10.5. The highest BCUT2D eigenvalue weighted by Crippen LogP contribution is 2.35. The van der Waals surface area contributed by atoms with E-state index in [4.69, 9.17) is 23.4 Å². The minimum atomic E-state index is -0.269. The summed E-state index contributed by atoms with van der Waals surface area (Å²) in [6.07, 6.45) is 1.06. The molecule has 0 fully saturated rings. The van der Waals surface area contributed by atoms with Gasteiger partial charge in [0, 0.05) is 30.7 Å². The second-order valence-corrected chi connectivity index (χ2v) is 6.77. The Labute approximate surface area is 181 Å². The van der Waals surface area contributed by atoms with E-state index in [1.54, 1.807) is 52.7 Å². The van der Waals surface area contributed by atoms with Gasteiger partial charge in [-0.2, -0.15) is 0 Å². The van der Waals surface area contributed by atoms with Gasteiger partial charge >= 0.3 is 0 Å². The Balaban J connectivity index is 1.66. The van der Waals surface area contributed by atoms with Gasteiger partial charge < -0.3 is 28.7 Å². The van der Waals surface area contributed by atoms with Gasteiger partial charge in [0.2, 0.25) is 0 Å². The topological polar surface area (TPSA) is 79.2 Å². The van der Waals surface area contributed by atoms with Crippen LogP contribution < -0.4 is 24.3 Å². The lowest BCUT2D eigenvalue weighted by Gasteiger charge is -2.14. The van der Waals surface area contributed by atoms with Crippen molar-refractivity contribution in [1.82, 2.24) is 5.32 Å². The zero-order valence-electron chi connectivity index (χ0n) is 18.2. The van der Waals surface area contributed by atoms with E-state index < -0.39 is 0 Å². The van der Waals surface area contributed by atoms with Gasteiger partial charge in [-0.05, 0) is 30.2 Å². The average Bonchev–Trinajstić information content (AvgIpc) is 3.28. The number of nitrogens with one attached hydrogen (secondary N) is 1. The molecule has 3 aromatic rings. The second-order valence-electron chi connectivity index (χ2n) is 6.77. The average molecular weight is 425 g/mol. The first-order valence-electron chi connectivity index (χ1n) is 9.87. The van der Waals surface area contributed by atoms with Gasteiger partial charge in [0.05, 0.1) is 28.4 Å². The maximum atomic E-state index is 12.5. The van der Waals surface area contributed by atoms with Crippen LogP contribution in [0.3, 0.4) is 0 Å². The standard InChI is InChI=1S/C24H27NO6/c1-27-18-14-22(29-3)19(23(15-18)30-4)13-17-9-10-21(31-17)24(26)25-12-11-16-7-5-6-8-20(16)28-2/h5-10,14-15H,11-13H2,1-4H3,(H,25,26). The SMILES string of the molecule is COc1cc(OC)c(Cc2ccc(C(=O)NCCc3ccccc3OC)o2)c(OC)c1. The zero-order chi connectivity index (χ0) is 22.2. The Kier molecular flexibility index (Phi) is 7.43. The third kappa shape index (κ3) is 5.31. The smallest absolute Gasteiger partial charge is 0.287 e. The minimum Gasteiger partial charge on any atom is -0.496 e. The molecule has 0 bridgehead atoms. The summed E-state index contributed by atoms with van der Waals surface area (Å²) < 4.78 is 27.4. The van der Waals surface area contributed by atoms with Crippen LogP contribution in [0.1, 0.15) is 27.4 Å². The van der Waals surface area contributed by atoms with E-state index in [9.17, 15) is 4.79 Å². The Morgan fingerprint density at radius 1 is 0.871 bits per heavy atom. The van der Waals surface area contributed by atoms with E-state index in [0.29, 0.717) is 42.4 Å². The number of methoxy groups -OCH3 is 4. The molecule has 31 heavy (non-hydrogen) atoms.